The third-order valence-electron chi connectivity index (χ3n) is 3.77. The number of rotatable bonds is 4. The molecule has 0 amide bonds. The molecule has 1 unspecified atom stereocenters. The molecule has 1 heterocycles. The Bertz CT molecular complexity index is 752. The molecule has 2 aromatic carbocycles. The van der Waals surface area contributed by atoms with Gasteiger partial charge in [-0.1, -0.05) is 35.3 Å². The molecule has 2 aromatic rings. The fraction of sp³-hybridized carbons (Fsp3) is 0.278. The molecule has 0 bridgehead atoms. The second-order valence-corrected chi connectivity index (χ2v) is 6.88. The molecule has 1 aliphatic heterocycles. The van der Waals surface area contributed by atoms with Crippen LogP contribution in [0.2, 0.25) is 10.0 Å². The highest BCUT2D eigenvalue weighted by Crippen LogP contribution is 2.31. The quantitative estimate of drug-likeness (QED) is 0.746. The number of hydrogen-bond acceptors (Lipinski definition) is 3. The molecule has 4 nitrogen and oxygen atoms in total. The average molecular weight is 397 g/mol. The van der Waals surface area contributed by atoms with Crippen LogP contribution in [-0.4, -0.2) is 35.8 Å². The molecule has 7 heteroatoms. The van der Waals surface area contributed by atoms with Gasteiger partial charge in [-0.05, 0) is 49.5 Å². The largest absolute Gasteiger partial charge is 0.486 e. The summed E-state index contributed by atoms with van der Waals surface area (Å²) in [5, 5.41) is 4.88. The molecule has 0 saturated heterocycles. The maximum atomic E-state index is 6.03. The summed E-state index contributed by atoms with van der Waals surface area (Å²) in [5.74, 6) is 1.53. The summed E-state index contributed by atoms with van der Waals surface area (Å²) in [4.78, 5) is 2.02. The van der Waals surface area contributed by atoms with Crippen LogP contribution in [0.25, 0.3) is 0 Å². The van der Waals surface area contributed by atoms with E-state index >= 15 is 0 Å². The smallest absolute Gasteiger partial charge is 0.173 e. The van der Waals surface area contributed by atoms with Crippen LogP contribution in [0.15, 0.2) is 42.5 Å². The molecule has 0 radical (unpaired) electrons. The van der Waals surface area contributed by atoms with E-state index in [0.29, 0.717) is 28.3 Å². The molecule has 1 atom stereocenters. The van der Waals surface area contributed by atoms with Crippen molar-refractivity contribution in [1.29, 1.82) is 0 Å². The van der Waals surface area contributed by atoms with E-state index in [9.17, 15) is 0 Å². The highest BCUT2D eigenvalue weighted by atomic mass is 35.5. The number of nitrogens with one attached hydrogen (secondary N) is 1. The minimum atomic E-state index is -0.0995. The average Bonchev–Trinajstić information content (AvgIpc) is 2.58. The zero-order valence-electron chi connectivity index (χ0n) is 13.7. The van der Waals surface area contributed by atoms with Crippen molar-refractivity contribution in [1.82, 2.24) is 4.90 Å². The fourth-order valence-electron chi connectivity index (χ4n) is 2.58. The first-order valence-electron chi connectivity index (χ1n) is 7.95. The summed E-state index contributed by atoms with van der Waals surface area (Å²) >= 11 is 17.6. The Morgan fingerprint density at radius 2 is 1.88 bits per heavy atom. The number of halogens is 2. The highest BCUT2D eigenvalue weighted by Gasteiger charge is 2.23. The lowest BCUT2D eigenvalue weighted by Crippen LogP contribution is -2.45. The third kappa shape index (κ3) is 4.69. The molecule has 0 aromatic heterocycles. The van der Waals surface area contributed by atoms with E-state index in [1.165, 1.54) is 0 Å². The predicted molar refractivity (Wildman–Crippen MR) is 106 cm³/mol. The zero-order chi connectivity index (χ0) is 17.8. The normalized spacial score (nSPS) is 15.6. The van der Waals surface area contributed by atoms with Gasteiger partial charge >= 0.3 is 0 Å². The molecular formula is C18H18Cl2N2O2S. The van der Waals surface area contributed by atoms with Crippen LogP contribution in [0.1, 0.15) is 6.92 Å². The number of nitrogens with zero attached hydrogens (tertiary/aromatic N) is 1. The monoisotopic (exact) mass is 396 g/mol. The molecular weight excluding hydrogens is 379 g/mol. The van der Waals surface area contributed by atoms with Gasteiger partial charge in [0.05, 0.1) is 6.54 Å². The van der Waals surface area contributed by atoms with Crippen molar-refractivity contribution in [3.63, 3.8) is 0 Å². The van der Waals surface area contributed by atoms with Gasteiger partial charge in [0.1, 0.15) is 6.61 Å². The first-order valence-corrected chi connectivity index (χ1v) is 9.12. The Balaban J connectivity index is 1.63. The molecule has 132 valence electrons. The first kappa shape index (κ1) is 18.1. The van der Waals surface area contributed by atoms with Gasteiger partial charge in [-0.3, -0.25) is 0 Å². The van der Waals surface area contributed by atoms with Gasteiger partial charge in [-0.25, -0.2) is 0 Å². The topological polar surface area (TPSA) is 33.7 Å². The number of para-hydroxylation sites is 2. The summed E-state index contributed by atoms with van der Waals surface area (Å²) in [5.41, 5.74) is 0.757. The van der Waals surface area contributed by atoms with E-state index in [1.54, 1.807) is 18.2 Å². The maximum Gasteiger partial charge on any atom is 0.173 e. The third-order valence-corrected chi connectivity index (χ3v) is 4.57. The van der Waals surface area contributed by atoms with Crippen LogP contribution in [0.5, 0.6) is 11.5 Å². The number of hydrogen-bond donors (Lipinski definition) is 1. The molecule has 0 fully saturated rings. The standard InChI is InChI=1S/C18H18Cl2N2O2S/c1-2-22(18(25)21-14-8-12(19)7-13(20)9-14)10-15-11-23-16-5-3-4-6-17(16)24-15/h3-9,15H,2,10-11H2,1H3,(H,21,25). The summed E-state index contributed by atoms with van der Waals surface area (Å²) in [6, 6.07) is 12.9. The van der Waals surface area contributed by atoms with E-state index in [2.05, 4.69) is 5.32 Å². The lowest BCUT2D eigenvalue weighted by molar-refractivity contribution is 0.0754. The Labute approximate surface area is 162 Å². The van der Waals surface area contributed by atoms with Gasteiger partial charge in [0.2, 0.25) is 0 Å². The van der Waals surface area contributed by atoms with Gasteiger partial charge in [0, 0.05) is 22.3 Å². The fourth-order valence-corrected chi connectivity index (χ4v) is 3.43. The van der Waals surface area contributed by atoms with Crippen molar-refractivity contribution >= 4 is 46.2 Å². The second kappa shape index (κ2) is 8.13. The Morgan fingerprint density at radius 3 is 2.56 bits per heavy atom. The van der Waals surface area contributed by atoms with Gasteiger partial charge in [0.15, 0.2) is 22.7 Å². The maximum absolute atomic E-state index is 6.03. The number of thiocarbonyl (C=S) groups is 1. The van der Waals surface area contributed by atoms with Gasteiger partial charge in [-0.15, -0.1) is 0 Å². The van der Waals surface area contributed by atoms with Crippen molar-refractivity contribution < 1.29 is 9.47 Å². The highest BCUT2D eigenvalue weighted by molar-refractivity contribution is 7.80. The van der Waals surface area contributed by atoms with E-state index in [4.69, 9.17) is 44.9 Å². The zero-order valence-corrected chi connectivity index (χ0v) is 16.0. The van der Waals surface area contributed by atoms with Crippen molar-refractivity contribution in [2.75, 3.05) is 25.0 Å². The molecule has 3 rings (SSSR count). The van der Waals surface area contributed by atoms with Crippen LogP contribution in [0.4, 0.5) is 5.69 Å². The molecule has 0 saturated carbocycles. The predicted octanol–water partition coefficient (Wildman–Crippen LogP) is 4.85. The SMILES string of the molecule is CCN(CC1COc2ccccc2O1)C(=S)Nc1cc(Cl)cc(Cl)c1. The van der Waals surface area contributed by atoms with E-state index in [-0.39, 0.29) is 6.10 Å². The van der Waals surface area contributed by atoms with Crippen molar-refractivity contribution in [2.24, 2.45) is 0 Å². The lowest BCUT2D eigenvalue weighted by atomic mass is 10.2. The summed E-state index contributed by atoms with van der Waals surface area (Å²) in [7, 11) is 0. The molecule has 1 aliphatic rings. The Kier molecular flexibility index (Phi) is 5.89. The van der Waals surface area contributed by atoms with Gasteiger partial charge in [0.25, 0.3) is 0 Å². The summed E-state index contributed by atoms with van der Waals surface area (Å²) in [6.07, 6.45) is -0.0995. The van der Waals surface area contributed by atoms with Crippen LogP contribution in [0, 0.1) is 0 Å². The van der Waals surface area contributed by atoms with Gasteiger partial charge in [-0.2, -0.15) is 0 Å². The number of benzene rings is 2. The Morgan fingerprint density at radius 1 is 1.20 bits per heavy atom. The van der Waals surface area contributed by atoms with E-state index < -0.39 is 0 Å². The Hall–Kier alpha value is -1.69. The molecule has 25 heavy (non-hydrogen) atoms. The van der Waals surface area contributed by atoms with Crippen molar-refractivity contribution in [3.8, 4) is 11.5 Å². The van der Waals surface area contributed by atoms with Crippen LogP contribution < -0.4 is 14.8 Å². The molecule has 1 N–H and O–H groups in total. The van der Waals surface area contributed by atoms with Crippen LogP contribution in [-0.2, 0) is 0 Å². The summed E-state index contributed by atoms with van der Waals surface area (Å²) < 4.78 is 11.8. The van der Waals surface area contributed by atoms with E-state index in [0.717, 1.165) is 23.7 Å². The van der Waals surface area contributed by atoms with Crippen LogP contribution in [0.3, 0.4) is 0 Å². The van der Waals surface area contributed by atoms with Crippen molar-refractivity contribution in [3.05, 3.63) is 52.5 Å². The second-order valence-electron chi connectivity index (χ2n) is 5.62. The summed E-state index contributed by atoms with van der Waals surface area (Å²) in [6.45, 7) is 3.88. The number of likely N-dealkylation sites (N-methyl/N-ethyl adjacent to an activating group) is 1. The van der Waals surface area contributed by atoms with Crippen molar-refractivity contribution in [2.45, 2.75) is 13.0 Å². The minimum Gasteiger partial charge on any atom is -0.486 e. The van der Waals surface area contributed by atoms with Gasteiger partial charge < -0.3 is 19.7 Å². The van der Waals surface area contributed by atoms with Crippen LogP contribution >= 0.6 is 35.4 Å². The molecule has 0 spiro atoms. The number of anilines is 1. The first-order chi connectivity index (χ1) is 12.0. The van der Waals surface area contributed by atoms with E-state index in [1.807, 2.05) is 36.1 Å². The minimum absolute atomic E-state index is 0.0995. The number of fused-ring (bicyclic) bond motifs is 1. The number of ether oxygens (including phenoxy) is 2. The lowest BCUT2D eigenvalue weighted by Gasteiger charge is -2.32. The molecule has 0 aliphatic carbocycles.